The smallest absolute Gasteiger partial charge is 0.108 e. The molecule has 0 fully saturated rings. The van der Waals surface area contributed by atoms with Crippen molar-refractivity contribution >= 4 is 33.2 Å². The molecule has 1 heterocycles. The SMILES string of the molecule is CCC(NCc1nc2ccccc2s1)c1ccc(Cl)cc1. The van der Waals surface area contributed by atoms with E-state index in [4.69, 9.17) is 11.6 Å². The van der Waals surface area contributed by atoms with Gasteiger partial charge in [0.15, 0.2) is 0 Å². The second-order valence-electron chi connectivity index (χ2n) is 4.97. The highest BCUT2D eigenvalue weighted by molar-refractivity contribution is 7.18. The molecule has 3 rings (SSSR count). The second kappa shape index (κ2) is 6.56. The Morgan fingerprint density at radius 2 is 1.90 bits per heavy atom. The molecule has 0 aliphatic heterocycles. The van der Waals surface area contributed by atoms with Gasteiger partial charge in [-0.05, 0) is 36.2 Å². The van der Waals surface area contributed by atoms with Gasteiger partial charge in [-0.15, -0.1) is 11.3 Å². The number of halogens is 1. The summed E-state index contributed by atoms with van der Waals surface area (Å²) < 4.78 is 1.24. The maximum Gasteiger partial charge on any atom is 0.108 e. The topological polar surface area (TPSA) is 24.9 Å². The highest BCUT2D eigenvalue weighted by Crippen LogP contribution is 2.23. The molecule has 0 spiro atoms. The van der Waals surface area contributed by atoms with E-state index in [9.17, 15) is 0 Å². The normalized spacial score (nSPS) is 12.7. The molecule has 3 aromatic rings. The predicted octanol–water partition coefficient (Wildman–Crippen LogP) is 5.19. The van der Waals surface area contributed by atoms with E-state index in [0.29, 0.717) is 6.04 Å². The molecule has 0 saturated carbocycles. The van der Waals surface area contributed by atoms with E-state index >= 15 is 0 Å². The first-order chi connectivity index (χ1) is 10.3. The Labute approximate surface area is 133 Å². The van der Waals surface area contributed by atoms with E-state index in [1.165, 1.54) is 10.3 Å². The lowest BCUT2D eigenvalue weighted by molar-refractivity contribution is 0.518. The average Bonchev–Trinajstić information content (AvgIpc) is 2.92. The van der Waals surface area contributed by atoms with Crippen molar-refractivity contribution in [2.45, 2.75) is 25.9 Å². The number of rotatable bonds is 5. The van der Waals surface area contributed by atoms with E-state index in [1.54, 1.807) is 11.3 Å². The first-order valence-corrected chi connectivity index (χ1v) is 8.29. The first kappa shape index (κ1) is 14.5. The van der Waals surface area contributed by atoms with Crippen molar-refractivity contribution in [1.29, 1.82) is 0 Å². The van der Waals surface area contributed by atoms with E-state index in [1.807, 2.05) is 18.2 Å². The van der Waals surface area contributed by atoms with Crippen LogP contribution < -0.4 is 5.32 Å². The molecule has 0 saturated heterocycles. The Morgan fingerprint density at radius 1 is 1.14 bits per heavy atom. The lowest BCUT2D eigenvalue weighted by atomic mass is 10.0. The molecule has 2 nitrogen and oxygen atoms in total. The monoisotopic (exact) mass is 316 g/mol. The van der Waals surface area contributed by atoms with Crippen molar-refractivity contribution in [2.24, 2.45) is 0 Å². The number of nitrogens with one attached hydrogen (secondary N) is 1. The first-order valence-electron chi connectivity index (χ1n) is 7.09. The molecule has 4 heteroatoms. The minimum Gasteiger partial charge on any atom is -0.304 e. The van der Waals surface area contributed by atoms with Gasteiger partial charge in [-0.25, -0.2) is 4.98 Å². The van der Waals surface area contributed by atoms with E-state index in [0.717, 1.165) is 28.5 Å². The number of thiazole rings is 1. The summed E-state index contributed by atoms with van der Waals surface area (Å²) >= 11 is 7.70. The van der Waals surface area contributed by atoms with Crippen molar-refractivity contribution in [3.05, 3.63) is 64.1 Å². The van der Waals surface area contributed by atoms with E-state index in [2.05, 4.69) is 47.6 Å². The second-order valence-corrected chi connectivity index (χ2v) is 6.52. The maximum absolute atomic E-state index is 5.95. The van der Waals surface area contributed by atoms with Crippen LogP contribution in [0.3, 0.4) is 0 Å². The molecule has 1 aromatic heterocycles. The molecule has 2 aromatic carbocycles. The van der Waals surface area contributed by atoms with Gasteiger partial charge in [0, 0.05) is 17.6 Å². The summed E-state index contributed by atoms with van der Waals surface area (Å²) in [4.78, 5) is 4.66. The highest BCUT2D eigenvalue weighted by atomic mass is 35.5. The van der Waals surface area contributed by atoms with Gasteiger partial charge in [-0.2, -0.15) is 0 Å². The molecule has 108 valence electrons. The van der Waals surface area contributed by atoms with Crippen molar-refractivity contribution in [3.8, 4) is 0 Å². The molecule has 0 amide bonds. The molecule has 0 radical (unpaired) electrons. The Bertz CT molecular complexity index is 688. The van der Waals surface area contributed by atoms with Gasteiger partial charge in [0.1, 0.15) is 5.01 Å². The maximum atomic E-state index is 5.95. The van der Waals surface area contributed by atoms with Gasteiger partial charge in [0.05, 0.1) is 10.2 Å². The molecule has 0 aliphatic carbocycles. The number of aromatic nitrogens is 1. The fourth-order valence-electron chi connectivity index (χ4n) is 2.40. The van der Waals surface area contributed by atoms with Gasteiger partial charge in [0.25, 0.3) is 0 Å². The van der Waals surface area contributed by atoms with Gasteiger partial charge < -0.3 is 5.32 Å². The lowest BCUT2D eigenvalue weighted by Crippen LogP contribution is -2.20. The van der Waals surface area contributed by atoms with Gasteiger partial charge in [-0.3, -0.25) is 0 Å². The zero-order chi connectivity index (χ0) is 14.7. The van der Waals surface area contributed by atoms with Gasteiger partial charge in [0.2, 0.25) is 0 Å². The van der Waals surface area contributed by atoms with Gasteiger partial charge in [-0.1, -0.05) is 42.8 Å². The fourth-order valence-corrected chi connectivity index (χ4v) is 3.44. The van der Waals surface area contributed by atoms with Crippen molar-refractivity contribution in [1.82, 2.24) is 10.3 Å². The summed E-state index contributed by atoms with van der Waals surface area (Å²) in [6.45, 7) is 2.98. The molecule has 21 heavy (non-hydrogen) atoms. The molecule has 0 bridgehead atoms. The molecular weight excluding hydrogens is 300 g/mol. The Hall–Kier alpha value is -1.42. The Morgan fingerprint density at radius 3 is 2.62 bits per heavy atom. The standard InChI is InChI=1S/C17H17ClN2S/c1-2-14(12-7-9-13(18)10-8-12)19-11-17-20-15-5-3-4-6-16(15)21-17/h3-10,14,19H,2,11H2,1H3. The summed E-state index contributed by atoms with van der Waals surface area (Å²) in [5.74, 6) is 0. The van der Waals surface area contributed by atoms with Crippen LogP contribution in [-0.4, -0.2) is 4.98 Å². The van der Waals surface area contributed by atoms with Crippen LogP contribution in [0.25, 0.3) is 10.2 Å². The highest BCUT2D eigenvalue weighted by Gasteiger charge is 2.10. The van der Waals surface area contributed by atoms with E-state index in [-0.39, 0.29) is 0 Å². The minimum atomic E-state index is 0.328. The minimum absolute atomic E-state index is 0.328. The summed E-state index contributed by atoms with van der Waals surface area (Å²) in [6, 6.07) is 16.6. The summed E-state index contributed by atoms with van der Waals surface area (Å²) in [5, 5.41) is 5.49. The van der Waals surface area contributed by atoms with Crippen LogP contribution in [0, 0.1) is 0 Å². The predicted molar refractivity (Wildman–Crippen MR) is 90.9 cm³/mol. The van der Waals surface area contributed by atoms with Gasteiger partial charge >= 0.3 is 0 Å². The van der Waals surface area contributed by atoms with Crippen LogP contribution >= 0.6 is 22.9 Å². The summed E-state index contributed by atoms with van der Waals surface area (Å²) in [7, 11) is 0. The van der Waals surface area contributed by atoms with E-state index < -0.39 is 0 Å². The fraction of sp³-hybridized carbons (Fsp3) is 0.235. The Balaban J connectivity index is 1.71. The largest absolute Gasteiger partial charge is 0.304 e. The number of hydrogen-bond acceptors (Lipinski definition) is 3. The molecule has 1 N–H and O–H groups in total. The van der Waals surface area contributed by atoms with Crippen LogP contribution in [0.15, 0.2) is 48.5 Å². The van der Waals surface area contributed by atoms with Crippen molar-refractivity contribution < 1.29 is 0 Å². The summed E-state index contributed by atoms with van der Waals surface area (Å²) in [6.07, 6.45) is 1.03. The average molecular weight is 317 g/mol. The number of fused-ring (bicyclic) bond motifs is 1. The third kappa shape index (κ3) is 3.43. The van der Waals surface area contributed by atoms with Crippen molar-refractivity contribution in [2.75, 3.05) is 0 Å². The van der Waals surface area contributed by atoms with Crippen LogP contribution in [0.1, 0.15) is 30.0 Å². The van der Waals surface area contributed by atoms with Crippen LogP contribution in [0.5, 0.6) is 0 Å². The van der Waals surface area contributed by atoms with Crippen molar-refractivity contribution in [3.63, 3.8) is 0 Å². The van der Waals surface area contributed by atoms with Crippen LogP contribution in [-0.2, 0) is 6.54 Å². The number of para-hydroxylation sites is 1. The third-order valence-electron chi connectivity index (χ3n) is 3.52. The third-order valence-corrected chi connectivity index (χ3v) is 4.81. The summed E-state index contributed by atoms with van der Waals surface area (Å²) in [5.41, 5.74) is 2.35. The zero-order valence-corrected chi connectivity index (χ0v) is 13.4. The molecular formula is C17H17ClN2S. The number of benzene rings is 2. The number of hydrogen-bond donors (Lipinski definition) is 1. The Kier molecular flexibility index (Phi) is 4.54. The quantitative estimate of drug-likeness (QED) is 0.700. The molecule has 1 atom stereocenters. The lowest BCUT2D eigenvalue weighted by Gasteiger charge is -2.16. The number of nitrogens with zero attached hydrogens (tertiary/aromatic N) is 1. The molecule has 1 unspecified atom stereocenters. The zero-order valence-electron chi connectivity index (χ0n) is 11.8. The van der Waals surface area contributed by atoms with Crippen LogP contribution in [0.4, 0.5) is 0 Å². The molecule has 0 aliphatic rings. The van der Waals surface area contributed by atoms with Crippen LogP contribution in [0.2, 0.25) is 5.02 Å².